The van der Waals surface area contributed by atoms with Gasteiger partial charge in [0.05, 0.1) is 5.56 Å². The number of carbonyl (C=O) groups is 1. The molecule has 0 aliphatic carbocycles. The number of rotatable bonds is 7. The van der Waals surface area contributed by atoms with Gasteiger partial charge in [-0.2, -0.15) is 0 Å². The number of hydrogen-bond donors (Lipinski definition) is 1. The Morgan fingerprint density at radius 2 is 1.77 bits per heavy atom. The summed E-state index contributed by atoms with van der Waals surface area (Å²) in [7, 11) is 0. The van der Waals surface area contributed by atoms with E-state index in [1.807, 2.05) is 18.2 Å². The van der Waals surface area contributed by atoms with Gasteiger partial charge in [0.25, 0.3) is 0 Å². The van der Waals surface area contributed by atoms with Crippen molar-refractivity contribution in [2.45, 2.75) is 25.7 Å². The van der Waals surface area contributed by atoms with E-state index in [4.69, 9.17) is 4.42 Å². The van der Waals surface area contributed by atoms with Gasteiger partial charge in [0, 0.05) is 19.4 Å². The second kappa shape index (κ2) is 8.48. The zero-order valence-corrected chi connectivity index (χ0v) is 14.7. The molecule has 0 radical (unpaired) electrons. The monoisotopic (exact) mass is 351 g/mol. The number of hydrogen-bond acceptors (Lipinski definition) is 2. The first-order valence-corrected chi connectivity index (χ1v) is 8.79. The fourth-order valence-corrected chi connectivity index (χ4v) is 2.81. The molecule has 0 aliphatic heterocycles. The summed E-state index contributed by atoms with van der Waals surface area (Å²) in [4.78, 5) is 12.1. The molecular weight excluding hydrogens is 329 g/mol. The van der Waals surface area contributed by atoms with Crippen LogP contribution in [0, 0.1) is 5.82 Å². The summed E-state index contributed by atoms with van der Waals surface area (Å²) in [5.74, 6) is 1.08. The van der Waals surface area contributed by atoms with Gasteiger partial charge in [-0.1, -0.05) is 49.4 Å². The van der Waals surface area contributed by atoms with Crippen LogP contribution in [0.5, 0.6) is 0 Å². The molecule has 3 nitrogen and oxygen atoms in total. The minimum Gasteiger partial charge on any atom is -0.461 e. The van der Waals surface area contributed by atoms with Crippen molar-refractivity contribution < 1.29 is 13.6 Å². The molecule has 0 bridgehead atoms. The molecule has 1 heterocycles. The molecule has 1 atom stereocenters. The summed E-state index contributed by atoms with van der Waals surface area (Å²) in [5, 5.41) is 2.96. The van der Waals surface area contributed by atoms with Crippen LogP contribution in [0.25, 0.3) is 11.3 Å². The molecule has 3 rings (SSSR count). The highest BCUT2D eigenvalue weighted by Crippen LogP contribution is 2.25. The van der Waals surface area contributed by atoms with Crippen LogP contribution in [0.2, 0.25) is 0 Å². The third-order valence-corrected chi connectivity index (χ3v) is 4.37. The first kappa shape index (κ1) is 17.9. The average Bonchev–Trinajstić information content (AvgIpc) is 3.14. The third-order valence-electron chi connectivity index (χ3n) is 4.37. The van der Waals surface area contributed by atoms with Crippen molar-refractivity contribution >= 4 is 5.91 Å². The summed E-state index contributed by atoms with van der Waals surface area (Å²) < 4.78 is 19.5. The predicted molar refractivity (Wildman–Crippen MR) is 100 cm³/mol. The Morgan fingerprint density at radius 3 is 2.54 bits per heavy atom. The lowest BCUT2D eigenvalue weighted by atomic mass is 10.0. The average molecular weight is 351 g/mol. The Balaban J connectivity index is 1.49. The van der Waals surface area contributed by atoms with Crippen LogP contribution in [-0.4, -0.2) is 12.5 Å². The molecule has 134 valence electrons. The van der Waals surface area contributed by atoms with Gasteiger partial charge >= 0.3 is 0 Å². The summed E-state index contributed by atoms with van der Waals surface area (Å²) in [6, 6.07) is 20.1. The van der Waals surface area contributed by atoms with E-state index in [9.17, 15) is 9.18 Å². The van der Waals surface area contributed by atoms with E-state index in [1.165, 1.54) is 11.6 Å². The number of halogens is 1. The number of benzene rings is 2. The number of furan rings is 1. The highest BCUT2D eigenvalue weighted by molar-refractivity contribution is 5.76. The quantitative estimate of drug-likeness (QED) is 0.655. The van der Waals surface area contributed by atoms with E-state index in [0.29, 0.717) is 36.5 Å². The molecular formula is C22H22FNO2. The van der Waals surface area contributed by atoms with Gasteiger partial charge in [-0.15, -0.1) is 0 Å². The lowest BCUT2D eigenvalue weighted by molar-refractivity contribution is -0.121. The molecule has 0 fully saturated rings. The largest absolute Gasteiger partial charge is 0.461 e. The fraction of sp³-hybridized carbons (Fsp3) is 0.227. The third kappa shape index (κ3) is 4.60. The molecule has 4 heteroatoms. The van der Waals surface area contributed by atoms with Crippen LogP contribution in [0.1, 0.15) is 30.6 Å². The van der Waals surface area contributed by atoms with Gasteiger partial charge in [0.2, 0.25) is 5.91 Å². The normalized spacial score (nSPS) is 11.9. The Hall–Kier alpha value is -2.88. The SMILES string of the molecule is C[C@@H](CNC(=O)CCc1ccc(-c2ccccc2F)o1)c1ccccc1. The molecule has 0 saturated carbocycles. The number of amides is 1. The highest BCUT2D eigenvalue weighted by atomic mass is 19.1. The van der Waals surface area contributed by atoms with Crippen molar-refractivity contribution in [2.75, 3.05) is 6.54 Å². The second-order valence-corrected chi connectivity index (χ2v) is 6.36. The van der Waals surface area contributed by atoms with Crippen LogP contribution >= 0.6 is 0 Å². The number of aryl methyl sites for hydroxylation is 1. The molecule has 1 aromatic heterocycles. The lowest BCUT2D eigenvalue weighted by Crippen LogP contribution is -2.27. The topological polar surface area (TPSA) is 42.2 Å². The Labute approximate surface area is 152 Å². The van der Waals surface area contributed by atoms with E-state index >= 15 is 0 Å². The molecule has 3 aromatic rings. The summed E-state index contributed by atoms with van der Waals surface area (Å²) in [6.07, 6.45) is 0.825. The van der Waals surface area contributed by atoms with Crippen molar-refractivity contribution in [1.82, 2.24) is 5.32 Å². The maximum atomic E-state index is 13.8. The summed E-state index contributed by atoms with van der Waals surface area (Å²) in [5.41, 5.74) is 1.63. The predicted octanol–water partition coefficient (Wildman–Crippen LogP) is 4.94. The van der Waals surface area contributed by atoms with E-state index in [0.717, 1.165) is 0 Å². The first-order chi connectivity index (χ1) is 12.6. The molecule has 1 N–H and O–H groups in total. The molecule has 26 heavy (non-hydrogen) atoms. The number of nitrogens with one attached hydrogen (secondary N) is 1. The van der Waals surface area contributed by atoms with Gasteiger partial charge in [-0.25, -0.2) is 4.39 Å². The van der Waals surface area contributed by atoms with E-state index in [-0.39, 0.29) is 17.6 Å². The van der Waals surface area contributed by atoms with Gasteiger partial charge in [0.1, 0.15) is 17.3 Å². The summed E-state index contributed by atoms with van der Waals surface area (Å²) in [6.45, 7) is 2.68. The summed E-state index contributed by atoms with van der Waals surface area (Å²) >= 11 is 0. The van der Waals surface area contributed by atoms with Crippen molar-refractivity contribution in [3.63, 3.8) is 0 Å². The van der Waals surface area contributed by atoms with Crippen LogP contribution in [0.3, 0.4) is 0 Å². The molecule has 0 unspecified atom stereocenters. The van der Waals surface area contributed by atoms with Gasteiger partial charge < -0.3 is 9.73 Å². The van der Waals surface area contributed by atoms with Crippen molar-refractivity contribution in [3.05, 3.63) is 83.9 Å². The van der Waals surface area contributed by atoms with Gasteiger partial charge in [0.15, 0.2) is 0 Å². The van der Waals surface area contributed by atoms with E-state index in [1.54, 1.807) is 30.3 Å². The Bertz CT molecular complexity index is 857. The number of carbonyl (C=O) groups excluding carboxylic acids is 1. The maximum Gasteiger partial charge on any atom is 0.220 e. The van der Waals surface area contributed by atoms with E-state index in [2.05, 4.69) is 24.4 Å². The maximum absolute atomic E-state index is 13.8. The van der Waals surface area contributed by atoms with Crippen LogP contribution in [0.4, 0.5) is 4.39 Å². The zero-order chi connectivity index (χ0) is 18.4. The standard InChI is InChI=1S/C22H22FNO2/c1-16(17-7-3-2-4-8-17)15-24-22(25)14-12-18-11-13-21(26-18)19-9-5-6-10-20(19)23/h2-11,13,16H,12,14-15H2,1H3,(H,24,25)/t16-/m0/s1. The Kier molecular flexibility index (Phi) is 5.84. The van der Waals surface area contributed by atoms with Crippen LogP contribution < -0.4 is 5.32 Å². The van der Waals surface area contributed by atoms with Gasteiger partial charge in [-0.05, 0) is 35.7 Å². The Morgan fingerprint density at radius 1 is 1.04 bits per heavy atom. The van der Waals surface area contributed by atoms with Crippen molar-refractivity contribution in [2.24, 2.45) is 0 Å². The molecule has 1 amide bonds. The zero-order valence-electron chi connectivity index (χ0n) is 14.7. The first-order valence-electron chi connectivity index (χ1n) is 8.79. The minimum atomic E-state index is -0.318. The molecule has 0 aliphatic rings. The lowest BCUT2D eigenvalue weighted by Gasteiger charge is -2.12. The fourth-order valence-electron chi connectivity index (χ4n) is 2.81. The van der Waals surface area contributed by atoms with Crippen LogP contribution in [0.15, 0.2) is 71.1 Å². The smallest absolute Gasteiger partial charge is 0.220 e. The second-order valence-electron chi connectivity index (χ2n) is 6.36. The van der Waals surface area contributed by atoms with Crippen molar-refractivity contribution in [1.29, 1.82) is 0 Å². The molecule has 0 saturated heterocycles. The van der Waals surface area contributed by atoms with Gasteiger partial charge in [-0.3, -0.25) is 4.79 Å². The van der Waals surface area contributed by atoms with Crippen LogP contribution in [-0.2, 0) is 11.2 Å². The molecule has 0 spiro atoms. The van der Waals surface area contributed by atoms with E-state index < -0.39 is 0 Å². The minimum absolute atomic E-state index is 0.0170. The highest BCUT2D eigenvalue weighted by Gasteiger charge is 2.11. The van der Waals surface area contributed by atoms with Crippen molar-refractivity contribution in [3.8, 4) is 11.3 Å². The molecule has 2 aromatic carbocycles.